The van der Waals surface area contributed by atoms with Crippen molar-refractivity contribution >= 4 is 17.9 Å². The van der Waals surface area contributed by atoms with E-state index in [9.17, 15) is 14.4 Å². The van der Waals surface area contributed by atoms with Crippen molar-refractivity contribution < 1.29 is 28.6 Å². The Hall–Kier alpha value is -1.59. The number of unbranched alkanes of at least 4 members (excludes halogenated alkanes) is 33. The van der Waals surface area contributed by atoms with Crippen LogP contribution in [0.15, 0.2) is 0 Å². The van der Waals surface area contributed by atoms with Gasteiger partial charge < -0.3 is 14.2 Å². The molecule has 0 spiro atoms. The Morgan fingerprint density at radius 2 is 0.500 bits per heavy atom. The summed E-state index contributed by atoms with van der Waals surface area (Å²) in [6.45, 7) is 6.65. The Kier molecular flexibility index (Phi) is 42.8. The maximum Gasteiger partial charge on any atom is 0.306 e. The minimum atomic E-state index is -0.758. The van der Waals surface area contributed by atoms with Gasteiger partial charge in [0.2, 0.25) is 0 Å². The van der Waals surface area contributed by atoms with E-state index >= 15 is 0 Å². The van der Waals surface area contributed by atoms with E-state index in [1.807, 2.05) is 0 Å². The van der Waals surface area contributed by atoms with E-state index in [-0.39, 0.29) is 31.1 Å². The van der Waals surface area contributed by atoms with Gasteiger partial charge in [0.1, 0.15) is 13.2 Å². The highest BCUT2D eigenvalue weighted by Gasteiger charge is 2.19. The second-order valence-electron chi connectivity index (χ2n) is 16.4. The Balaban J connectivity index is 4.28. The maximum atomic E-state index is 12.7. The van der Waals surface area contributed by atoms with Crippen LogP contribution in [0.2, 0.25) is 0 Å². The summed E-state index contributed by atoms with van der Waals surface area (Å²) in [5.74, 6) is -0.849. The van der Waals surface area contributed by atoms with Gasteiger partial charge in [0.25, 0.3) is 0 Å². The Bertz CT molecular complexity index is 798. The molecule has 0 bridgehead atoms. The van der Waals surface area contributed by atoms with Crippen LogP contribution in [-0.2, 0) is 28.6 Å². The molecule has 1 atom stereocenters. The highest BCUT2D eigenvalue weighted by atomic mass is 16.6. The van der Waals surface area contributed by atoms with Gasteiger partial charge in [-0.3, -0.25) is 14.4 Å². The van der Waals surface area contributed by atoms with Crippen molar-refractivity contribution in [3.8, 4) is 0 Å². The molecule has 0 aliphatic heterocycles. The zero-order valence-electron chi connectivity index (χ0n) is 36.5. The standard InChI is InChI=1S/C48H92O6/c1-4-7-10-13-16-19-22-23-24-25-27-29-32-35-38-41-47(50)53-44-45(43-52-46(49)40-37-34-31-28-21-18-15-12-9-6-3)54-48(51)42-39-36-33-30-26-20-17-14-11-8-5-2/h45H,4-44H2,1-3H3. The fourth-order valence-electron chi connectivity index (χ4n) is 7.21. The number of rotatable bonds is 44. The molecule has 0 aromatic carbocycles. The quantitative estimate of drug-likeness (QED) is 0.0349. The molecule has 0 amide bonds. The average Bonchev–Trinajstić information content (AvgIpc) is 3.17. The molecule has 6 heteroatoms. The van der Waals surface area contributed by atoms with Gasteiger partial charge in [-0.15, -0.1) is 0 Å². The first-order valence-corrected chi connectivity index (χ1v) is 24.0. The third kappa shape index (κ3) is 41.6. The number of esters is 3. The minimum absolute atomic E-state index is 0.0624. The van der Waals surface area contributed by atoms with Gasteiger partial charge in [0.05, 0.1) is 0 Å². The summed E-state index contributed by atoms with van der Waals surface area (Å²) in [4.78, 5) is 37.7. The summed E-state index contributed by atoms with van der Waals surface area (Å²) in [6.07, 6.45) is 45.1. The van der Waals surface area contributed by atoms with Crippen LogP contribution in [0.5, 0.6) is 0 Å². The van der Waals surface area contributed by atoms with Gasteiger partial charge in [0.15, 0.2) is 6.10 Å². The first-order chi connectivity index (χ1) is 26.5. The number of carbonyl (C=O) groups excluding carboxylic acids is 3. The van der Waals surface area contributed by atoms with E-state index in [0.29, 0.717) is 19.3 Å². The predicted octanol–water partition coefficient (Wildman–Crippen LogP) is 15.3. The molecule has 320 valence electrons. The smallest absolute Gasteiger partial charge is 0.306 e. The summed E-state index contributed by atoms with van der Waals surface area (Å²) in [5.41, 5.74) is 0. The van der Waals surface area contributed by atoms with Crippen molar-refractivity contribution in [2.75, 3.05) is 13.2 Å². The molecular formula is C48H92O6. The van der Waals surface area contributed by atoms with Gasteiger partial charge in [-0.2, -0.15) is 0 Å². The molecule has 54 heavy (non-hydrogen) atoms. The summed E-state index contributed by atoms with van der Waals surface area (Å²) < 4.78 is 16.7. The molecule has 0 aromatic rings. The van der Waals surface area contributed by atoms with Crippen molar-refractivity contribution in [1.29, 1.82) is 0 Å². The van der Waals surface area contributed by atoms with E-state index in [1.54, 1.807) is 0 Å². The zero-order valence-corrected chi connectivity index (χ0v) is 36.5. The lowest BCUT2D eigenvalue weighted by atomic mass is 10.0. The third-order valence-corrected chi connectivity index (χ3v) is 10.9. The fraction of sp³-hybridized carbons (Fsp3) is 0.938. The molecule has 0 rings (SSSR count). The minimum Gasteiger partial charge on any atom is -0.462 e. The van der Waals surface area contributed by atoms with Gasteiger partial charge in [0, 0.05) is 19.3 Å². The number of hydrogen-bond donors (Lipinski definition) is 0. The highest BCUT2D eigenvalue weighted by Crippen LogP contribution is 2.16. The van der Waals surface area contributed by atoms with Crippen LogP contribution in [0.25, 0.3) is 0 Å². The SMILES string of the molecule is CCCCCCCCCCCCCCCCCC(=O)OCC(COC(=O)CCCCCCCCCCCC)OC(=O)CCCCCCCCCCCCC. The van der Waals surface area contributed by atoms with Crippen molar-refractivity contribution in [1.82, 2.24) is 0 Å². The van der Waals surface area contributed by atoms with Crippen LogP contribution in [0, 0.1) is 0 Å². The van der Waals surface area contributed by atoms with E-state index in [1.165, 1.54) is 173 Å². The Morgan fingerprint density at radius 3 is 0.741 bits per heavy atom. The summed E-state index contributed by atoms with van der Waals surface area (Å²) in [7, 11) is 0. The Labute approximate surface area is 336 Å². The molecule has 0 fully saturated rings. The van der Waals surface area contributed by atoms with Crippen LogP contribution in [0.1, 0.15) is 271 Å². The second kappa shape index (κ2) is 44.1. The summed E-state index contributed by atoms with van der Waals surface area (Å²) in [5, 5.41) is 0. The maximum absolute atomic E-state index is 12.7. The molecule has 0 saturated carbocycles. The van der Waals surface area contributed by atoms with Crippen molar-refractivity contribution in [3.05, 3.63) is 0 Å². The van der Waals surface area contributed by atoms with Crippen LogP contribution in [-0.4, -0.2) is 37.2 Å². The van der Waals surface area contributed by atoms with E-state index in [0.717, 1.165) is 57.8 Å². The lowest BCUT2D eigenvalue weighted by Gasteiger charge is -2.18. The largest absolute Gasteiger partial charge is 0.462 e. The van der Waals surface area contributed by atoms with Crippen LogP contribution in [0.3, 0.4) is 0 Å². The first kappa shape index (κ1) is 52.4. The van der Waals surface area contributed by atoms with Gasteiger partial charge in [-0.1, -0.05) is 233 Å². The molecule has 0 aliphatic rings. The topological polar surface area (TPSA) is 78.9 Å². The molecule has 0 radical (unpaired) electrons. The van der Waals surface area contributed by atoms with Crippen molar-refractivity contribution in [2.24, 2.45) is 0 Å². The summed E-state index contributed by atoms with van der Waals surface area (Å²) in [6, 6.07) is 0. The molecular weight excluding hydrogens is 673 g/mol. The number of hydrogen-bond acceptors (Lipinski definition) is 6. The van der Waals surface area contributed by atoms with Crippen LogP contribution < -0.4 is 0 Å². The van der Waals surface area contributed by atoms with E-state index < -0.39 is 6.10 Å². The van der Waals surface area contributed by atoms with Gasteiger partial charge in [-0.05, 0) is 19.3 Å². The normalized spacial score (nSPS) is 11.8. The molecule has 6 nitrogen and oxygen atoms in total. The predicted molar refractivity (Wildman–Crippen MR) is 229 cm³/mol. The first-order valence-electron chi connectivity index (χ1n) is 24.0. The lowest BCUT2D eigenvalue weighted by molar-refractivity contribution is -0.167. The van der Waals surface area contributed by atoms with Crippen LogP contribution >= 0.6 is 0 Å². The fourth-order valence-corrected chi connectivity index (χ4v) is 7.21. The zero-order chi connectivity index (χ0) is 39.4. The molecule has 0 aromatic heterocycles. The average molecular weight is 765 g/mol. The van der Waals surface area contributed by atoms with Gasteiger partial charge >= 0.3 is 17.9 Å². The lowest BCUT2D eigenvalue weighted by Crippen LogP contribution is -2.30. The molecule has 0 heterocycles. The Morgan fingerprint density at radius 1 is 0.296 bits per heavy atom. The molecule has 0 saturated heterocycles. The highest BCUT2D eigenvalue weighted by molar-refractivity contribution is 5.71. The molecule has 0 aliphatic carbocycles. The van der Waals surface area contributed by atoms with Gasteiger partial charge in [-0.25, -0.2) is 0 Å². The molecule has 1 unspecified atom stereocenters. The number of carbonyl (C=O) groups is 3. The van der Waals surface area contributed by atoms with E-state index in [2.05, 4.69) is 20.8 Å². The number of ether oxygens (including phenoxy) is 3. The van der Waals surface area contributed by atoms with E-state index in [4.69, 9.17) is 14.2 Å². The van der Waals surface area contributed by atoms with Crippen molar-refractivity contribution in [3.63, 3.8) is 0 Å². The molecule has 0 N–H and O–H groups in total. The monoisotopic (exact) mass is 765 g/mol. The second-order valence-corrected chi connectivity index (χ2v) is 16.4. The third-order valence-electron chi connectivity index (χ3n) is 10.9. The van der Waals surface area contributed by atoms with Crippen molar-refractivity contribution in [2.45, 2.75) is 277 Å². The van der Waals surface area contributed by atoms with Crippen LogP contribution in [0.4, 0.5) is 0 Å². The summed E-state index contributed by atoms with van der Waals surface area (Å²) >= 11 is 0.